The molecule has 0 N–H and O–H groups in total. The van der Waals surface area contributed by atoms with Gasteiger partial charge in [-0.15, -0.1) is 0 Å². The normalized spacial score (nSPS) is 14.9. The Morgan fingerprint density at radius 1 is 1.22 bits per heavy atom. The van der Waals surface area contributed by atoms with Crippen molar-refractivity contribution in [2.24, 2.45) is 0 Å². The largest absolute Gasteiger partial charge is 0.496 e. The maximum absolute atomic E-state index is 12.1. The molecule has 0 atom stereocenters. The van der Waals surface area contributed by atoms with E-state index in [-0.39, 0.29) is 5.91 Å². The minimum Gasteiger partial charge on any atom is -0.496 e. The molecule has 1 aromatic carbocycles. The number of methoxy groups -OCH3 is 1. The van der Waals surface area contributed by atoms with Gasteiger partial charge in [0.2, 0.25) is 5.91 Å². The van der Waals surface area contributed by atoms with Crippen molar-refractivity contribution in [2.75, 3.05) is 20.2 Å². The van der Waals surface area contributed by atoms with E-state index in [1.165, 1.54) is 0 Å². The lowest BCUT2D eigenvalue weighted by Crippen LogP contribution is -2.29. The van der Waals surface area contributed by atoms with Crippen LogP contribution in [0.15, 0.2) is 12.1 Å². The standard InChI is InChI=1S/C15H21NO2/c1-11-9-14(18-3)12(2)8-13(11)10-15(17)16-6-4-5-7-16/h8-9H,4-7,10H2,1-3H3. The lowest BCUT2D eigenvalue weighted by molar-refractivity contribution is -0.129. The van der Waals surface area contributed by atoms with E-state index in [1.807, 2.05) is 24.8 Å². The third kappa shape index (κ3) is 2.66. The zero-order valence-corrected chi connectivity index (χ0v) is 11.5. The van der Waals surface area contributed by atoms with Crippen LogP contribution >= 0.6 is 0 Å². The second kappa shape index (κ2) is 5.42. The van der Waals surface area contributed by atoms with Crippen LogP contribution in [0.1, 0.15) is 29.5 Å². The van der Waals surface area contributed by atoms with E-state index in [2.05, 4.69) is 6.07 Å². The van der Waals surface area contributed by atoms with Gasteiger partial charge in [-0.05, 0) is 49.4 Å². The predicted octanol–water partition coefficient (Wildman–Crippen LogP) is 2.48. The van der Waals surface area contributed by atoms with E-state index in [0.29, 0.717) is 6.42 Å². The summed E-state index contributed by atoms with van der Waals surface area (Å²) in [7, 11) is 1.68. The fraction of sp³-hybridized carbons (Fsp3) is 0.533. The van der Waals surface area contributed by atoms with Crippen molar-refractivity contribution >= 4 is 5.91 Å². The smallest absolute Gasteiger partial charge is 0.226 e. The Balaban J connectivity index is 2.13. The molecule has 2 rings (SSSR count). The second-order valence-electron chi connectivity index (χ2n) is 5.01. The van der Waals surface area contributed by atoms with Crippen LogP contribution in [0.3, 0.4) is 0 Å². The van der Waals surface area contributed by atoms with Gasteiger partial charge in [0.1, 0.15) is 5.75 Å². The number of hydrogen-bond acceptors (Lipinski definition) is 2. The molecule has 18 heavy (non-hydrogen) atoms. The van der Waals surface area contributed by atoms with Gasteiger partial charge in [0.25, 0.3) is 0 Å². The van der Waals surface area contributed by atoms with Gasteiger partial charge in [-0.2, -0.15) is 0 Å². The first-order chi connectivity index (χ1) is 8.61. The molecule has 98 valence electrons. The number of likely N-dealkylation sites (tertiary alicyclic amines) is 1. The quantitative estimate of drug-likeness (QED) is 0.821. The van der Waals surface area contributed by atoms with Crippen molar-refractivity contribution in [3.05, 3.63) is 28.8 Å². The van der Waals surface area contributed by atoms with E-state index < -0.39 is 0 Å². The average Bonchev–Trinajstić information content (AvgIpc) is 2.87. The molecule has 0 saturated carbocycles. The molecular formula is C15H21NO2. The minimum atomic E-state index is 0.250. The van der Waals surface area contributed by atoms with Crippen molar-refractivity contribution in [1.82, 2.24) is 4.90 Å². The van der Waals surface area contributed by atoms with Crippen LogP contribution in [0, 0.1) is 13.8 Å². The zero-order chi connectivity index (χ0) is 13.1. The first kappa shape index (κ1) is 12.9. The van der Waals surface area contributed by atoms with E-state index in [4.69, 9.17) is 4.74 Å². The summed E-state index contributed by atoms with van der Waals surface area (Å²) in [5, 5.41) is 0. The first-order valence-electron chi connectivity index (χ1n) is 6.53. The monoisotopic (exact) mass is 247 g/mol. The Kier molecular flexibility index (Phi) is 3.90. The van der Waals surface area contributed by atoms with Crippen LogP contribution in [0.2, 0.25) is 0 Å². The summed E-state index contributed by atoms with van der Waals surface area (Å²) in [6, 6.07) is 4.09. The number of nitrogens with zero attached hydrogens (tertiary/aromatic N) is 1. The lowest BCUT2D eigenvalue weighted by atomic mass is 10.0. The van der Waals surface area contributed by atoms with Crippen molar-refractivity contribution < 1.29 is 9.53 Å². The summed E-state index contributed by atoms with van der Waals surface area (Å²) in [4.78, 5) is 14.1. The molecule has 1 fully saturated rings. The van der Waals surface area contributed by atoms with E-state index in [9.17, 15) is 4.79 Å². The van der Waals surface area contributed by atoms with Crippen molar-refractivity contribution in [1.29, 1.82) is 0 Å². The molecule has 0 radical (unpaired) electrons. The van der Waals surface area contributed by atoms with Gasteiger partial charge >= 0.3 is 0 Å². The molecule has 3 heteroatoms. The molecule has 0 aliphatic carbocycles. The maximum atomic E-state index is 12.1. The molecule has 3 nitrogen and oxygen atoms in total. The molecule has 0 unspecified atom stereocenters. The van der Waals surface area contributed by atoms with Crippen LogP contribution in [0.4, 0.5) is 0 Å². The molecular weight excluding hydrogens is 226 g/mol. The average molecular weight is 247 g/mol. The van der Waals surface area contributed by atoms with Crippen molar-refractivity contribution in [3.63, 3.8) is 0 Å². The fourth-order valence-electron chi connectivity index (χ4n) is 2.50. The van der Waals surface area contributed by atoms with Gasteiger partial charge < -0.3 is 9.64 Å². The van der Waals surface area contributed by atoms with E-state index in [0.717, 1.165) is 48.4 Å². The number of benzene rings is 1. The van der Waals surface area contributed by atoms with Crippen molar-refractivity contribution in [3.8, 4) is 5.75 Å². The topological polar surface area (TPSA) is 29.5 Å². The second-order valence-corrected chi connectivity index (χ2v) is 5.01. The SMILES string of the molecule is COc1cc(C)c(CC(=O)N2CCCC2)cc1C. The summed E-state index contributed by atoms with van der Waals surface area (Å²) in [5.74, 6) is 1.14. The number of carbonyl (C=O) groups is 1. The zero-order valence-electron chi connectivity index (χ0n) is 11.5. The van der Waals surface area contributed by atoms with Gasteiger partial charge in [-0.1, -0.05) is 6.07 Å². The van der Waals surface area contributed by atoms with Gasteiger partial charge in [0.15, 0.2) is 0 Å². The minimum absolute atomic E-state index is 0.250. The van der Waals surface area contributed by atoms with E-state index >= 15 is 0 Å². The Labute approximate surface area is 109 Å². The highest BCUT2D eigenvalue weighted by atomic mass is 16.5. The number of ether oxygens (including phenoxy) is 1. The van der Waals surface area contributed by atoms with Crippen LogP contribution in [0.5, 0.6) is 5.75 Å². The molecule has 1 saturated heterocycles. The van der Waals surface area contributed by atoms with Crippen LogP contribution in [-0.2, 0) is 11.2 Å². The highest BCUT2D eigenvalue weighted by Gasteiger charge is 2.19. The molecule has 1 amide bonds. The third-order valence-electron chi connectivity index (χ3n) is 3.65. The van der Waals surface area contributed by atoms with Crippen LogP contribution < -0.4 is 4.74 Å². The Morgan fingerprint density at radius 2 is 1.89 bits per heavy atom. The summed E-state index contributed by atoms with van der Waals surface area (Å²) in [6.07, 6.45) is 2.80. The molecule has 1 aromatic rings. The Morgan fingerprint density at radius 3 is 2.50 bits per heavy atom. The number of carbonyl (C=O) groups excluding carboxylic acids is 1. The maximum Gasteiger partial charge on any atom is 0.226 e. The Hall–Kier alpha value is -1.51. The van der Waals surface area contributed by atoms with Gasteiger partial charge in [-0.3, -0.25) is 4.79 Å². The third-order valence-corrected chi connectivity index (χ3v) is 3.65. The highest BCUT2D eigenvalue weighted by molar-refractivity contribution is 5.79. The van der Waals surface area contributed by atoms with Crippen LogP contribution in [0.25, 0.3) is 0 Å². The van der Waals surface area contributed by atoms with Gasteiger partial charge in [0, 0.05) is 13.1 Å². The molecule has 0 aromatic heterocycles. The summed E-state index contributed by atoms with van der Waals surface area (Å²) < 4.78 is 5.29. The van der Waals surface area contributed by atoms with E-state index in [1.54, 1.807) is 7.11 Å². The molecule has 0 bridgehead atoms. The molecule has 1 aliphatic heterocycles. The number of hydrogen-bond donors (Lipinski definition) is 0. The first-order valence-corrected chi connectivity index (χ1v) is 6.53. The number of aryl methyl sites for hydroxylation is 2. The van der Waals surface area contributed by atoms with Gasteiger partial charge in [0.05, 0.1) is 13.5 Å². The van der Waals surface area contributed by atoms with Gasteiger partial charge in [-0.25, -0.2) is 0 Å². The predicted molar refractivity (Wildman–Crippen MR) is 72.0 cm³/mol. The molecule has 0 spiro atoms. The molecule has 1 aliphatic rings. The number of amides is 1. The lowest BCUT2D eigenvalue weighted by Gasteiger charge is -2.17. The summed E-state index contributed by atoms with van der Waals surface area (Å²) >= 11 is 0. The summed E-state index contributed by atoms with van der Waals surface area (Å²) in [6.45, 7) is 5.90. The molecule has 1 heterocycles. The van der Waals surface area contributed by atoms with Crippen LogP contribution in [-0.4, -0.2) is 31.0 Å². The highest BCUT2D eigenvalue weighted by Crippen LogP contribution is 2.23. The fourth-order valence-corrected chi connectivity index (χ4v) is 2.50. The Bertz CT molecular complexity index is 448. The van der Waals surface area contributed by atoms with Crippen molar-refractivity contribution in [2.45, 2.75) is 33.1 Å². The summed E-state index contributed by atoms with van der Waals surface area (Å²) in [5.41, 5.74) is 3.34. The number of rotatable bonds is 3.